The Bertz CT molecular complexity index is 352. The molecule has 0 fully saturated rings. The van der Waals surface area contributed by atoms with Crippen LogP contribution in [0.2, 0.25) is 5.02 Å². The first-order valence-electron chi connectivity index (χ1n) is 3.74. The van der Waals surface area contributed by atoms with E-state index in [1.807, 2.05) is 13.0 Å². The molecule has 0 saturated heterocycles. The number of carbonyl (C=O) groups is 1. The van der Waals surface area contributed by atoms with Crippen LogP contribution >= 0.6 is 27.5 Å². The fraction of sp³-hybridized carbons (Fsp3) is 0.222. The van der Waals surface area contributed by atoms with Gasteiger partial charge in [0.25, 0.3) is 0 Å². The van der Waals surface area contributed by atoms with Crippen LogP contribution in [0.3, 0.4) is 0 Å². The summed E-state index contributed by atoms with van der Waals surface area (Å²) in [6.07, 6.45) is 0. The molecule has 0 heterocycles. The van der Waals surface area contributed by atoms with Crippen molar-refractivity contribution in [1.82, 2.24) is 0 Å². The number of amides is 1. The van der Waals surface area contributed by atoms with E-state index in [1.165, 1.54) is 6.92 Å². The van der Waals surface area contributed by atoms with E-state index < -0.39 is 0 Å². The van der Waals surface area contributed by atoms with Crippen molar-refractivity contribution in [1.29, 1.82) is 0 Å². The van der Waals surface area contributed by atoms with E-state index in [0.717, 1.165) is 15.7 Å². The van der Waals surface area contributed by atoms with E-state index in [0.29, 0.717) is 5.02 Å². The highest BCUT2D eigenvalue weighted by Gasteiger charge is 2.04. The number of nitrogens with one attached hydrogen (secondary N) is 1. The standard InChI is InChI=1S/C9H9BrClNO/c1-5-3-9(12-6(2)13)7(10)4-8(5)11/h3-4H,1-2H3,(H,12,13). The van der Waals surface area contributed by atoms with Gasteiger partial charge in [-0.2, -0.15) is 0 Å². The fourth-order valence-electron chi connectivity index (χ4n) is 0.943. The van der Waals surface area contributed by atoms with Gasteiger partial charge in [0.2, 0.25) is 5.91 Å². The first-order valence-corrected chi connectivity index (χ1v) is 4.91. The van der Waals surface area contributed by atoms with Crippen molar-refractivity contribution in [2.75, 3.05) is 5.32 Å². The minimum Gasteiger partial charge on any atom is -0.325 e. The number of rotatable bonds is 1. The van der Waals surface area contributed by atoms with Gasteiger partial charge in [-0.05, 0) is 40.5 Å². The summed E-state index contributed by atoms with van der Waals surface area (Å²) in [5, 5.41) is 3.38. The molecule has 0 saturated carbocycles. The van der Waals surface area contributed by atoms with E-state index in [4.69, 9.17) is 11.6 Å². The maximum atomic E-state index is 10.8. The lowest BCUT2D eigenvalue weighted by Gasteiger charge is -2.07. The predicted molar refractivity (Wildman–Crippen MR) is 58.2 cm³/mol. The highest BCUT2D eigenvalue weighted by atomic mass is 79.9. The van der Waals surface area contributed by atoms with Crippen LogP contribution in [-0.2, 0) is 4.79 Å². The maximum Gasteiger partial charge on any atom is 0.221 e. The molecule has 1 aromatic carbocycles. The van der Waals surface area contributed by atoms with Crippen LogP contribution < -0.4 is 5.32 Å². The Morgan fingerprint density at radius 1 is 1.54 bits per heavy atom. The van der Waals surface area contributed by atoms with Gasteiger partial charge in [-0.1, -0.05) is 11.6 Å². The zero-order valence-electron chi connectivity index (χ0n) is 7.32. The SMILES string of the molecule is CC(=O)Nc1cc(C)c(Cl)cc1Br. The molecule has 0 unspecified atom stereocenters. The Balaban J connectivity index is 3.08. The summed E-state index contributed by atoms with van der Waals surface area (Å²) in [6, 6.07) is 3.59. The number of halogens is 2. The van der Waals surface area contributed by atoms with Gasteiger partial charge in [0.15, 0.2) is 0 Å². The molecule has 1 N–H and O–H groups in total. The maximum absolute atomic E-state index is 10.8. The minimum atomic E-state index is -0.0950. The Labute approximate surface area is 90.4 Å². The van der Waals surface area contributed by atoms with Crippen LogP contribution in [-0.4, -0.2) is 5.91 Å². The Morgan fingerprint density at radius 3 is 2.69 bits per heavy atom. The molecular weight excluding hydrogens is 253 g/mol. The normalized spacial score (nSPS) is 9.85. The molecule has 0 spiro atoms. The zero-order chi connectivity index (χ0) is 10.0. The molecule has 2 nitrogen and oxygen atoms in total. The summed E-state index contributed by atoms with van der Waals surface area (Å²) < 4.78 is 0.790. The zero-order valence-corrected chi connectivity index (χ0v) is 9.66. The number of hydrogen-bond donors (Lipinski definition) is 1. The van der Waals surface area contributed by atoms with Crippen LogP contribution in [0.25, 0.3) is 0 Å². The van der Waals surface area contributed by atoms with Gasteiger partial charge in [-0.25, -0.2) is 0 Å². The van der Waals surface area contributed by atoms with E-state index in [2.05, 4.69) is 21.2 Å². The van der Waals surface area contributed by atoms with E-state index in [9.17, 15) is 4.79 Å². The van der Waals surface area contributed by atoms with Crippen LogP contribution in [0.5, 0.6) is 0 Å². The minimum absolute atomic E-state index is 0.0950. The number of carbonyl (C=O) groups excluding carboxylic acids is 1. The van der Waals surface area contributed by atoms with Gasteiger partial charge in [-0.3, -0.25) is 4.79 Å². The van der Waals surface area contributed by atoms with E-state index in [1.54, 1.807) is 6.07 Å². The molecule has 13 heavy (non-hydrogen) atoms. The lowest BCUT2D eigenvalue weighted by molar-refractivity contribution is -0.114. The topological polar surface area (TPSA) is 29.1 Å². The second-order valence-corrected chi connectivity index (χ2v) is 4.02. The summed E-state index contributed by atoms with van der Waals surface area (Å²) in [5.74, 6) is -0.0950. The van der Waals surface area contributed by atoms with Crippen molar-refractivity contribution in [3.63, 3.8) is 0 Å². The molecule has 0 aliphatic rings. The highest BCUT2D eigenvalue weighted by molar-refractivity contribution is 9.10. The van der Waals surface area contributed by atoms with Gasteiger partial charge in [0, 0.05) is 16.4 Å². The molecule has 0 radical (unpaired) electrons. The van der Waals surface area contributed by atoms with Crippen molar-refractivity contribution < 1.29 is 4.79 Å². The summed E-state index contributed by atoms with van der Waals surface area (Å²) in [4.78, 5) is 10.8. The Kier molecular flexibility index (Phi) is 3.33. The summed E-state index contributed by atoms with van der Waals surface area (Å²) >= 11 is 9.19. The van der Waals surface area contributed by atoms with Crippen molar-refractivity contribution in [2.24, 2.45) is 0 Å². The average Bonchev–Trinajstić information content (AvgIpc) is 1.99. The fourth-order valence-corrected chi connectivity index (χ4v) is 1.68. The predicted octanol–water partition coefficient (Wildman–Crippen LogP) is 3.37. The monoisotopic (exact) mass is 261 g/mol. The van der Waals surface area contributed by atoms with Gasteiger partial charge in [0.05, 0.1) is 5.69 Å². The molecular formula is C9H9BrClNO. The number of aryl methyl sites for hydroxylation is 1. The first kappa shape index (κ1) is 10.5. The highest BCUT2D eigenvalue weighted by Crippen LogP contribution is 2.28. The quantitative estimate of drug-likeness (QED) is 0.826. The van der Waals surface area contributed by atoms with E-state index >= 15 is 0 Å². The summed E-state index contributed by atoms with van der Waals surface area (Å²) in [6.45, 7) is 3.36. The van der Waals surface area contributed by atoms with E-state index in [-0.39, 0.29) is 5.91 Å². The molecule has 0 aliphatic heterocycles. The molecule has 0 atom stereocenters. The second kappa shape index (κ2) is 4.11. The van der Waals surface area contributed by atoms with Crippen molar-refractivity contribution in [3.05, 3.63) is 27.2 Å². The van der Waals surface area contributed by atoms with Gasteiger partial charge < -0.3 is 5.32 Å². The summed E-state index contributed by atoms with van der Waals surface area (Å²) in [5.41, 5.74) is 1.68. The Morgan fingerprint density at radius 2 is 2.15 bits per heavy atom. The van der Waals surface area contributed by atoms with Crippen LogP contribution in [0.15, 0.2) is 16.6 Å². The second-order valence-electron chi connectivity index (χ2n) is 2.76. The third-order valence-electron chi connectivity index (χ3n) is 1.56. The lowest BCUT2D eigenvalue weighted by atomic mass is 10.2. The average molecular weight is 263 g/mol. The van der Waals surface area contributed by atoms with Crippen LogP contribution in [0, 0.1) is 6.92 Å². The third kappa shape index (κ3) is 2.71. The number of benzene rings is 1. The van der Waals surface area contributed by atoms with Crippen LogP contribution in [0.4, 0.5) is 5.69 Å². The molecule has 70 valence electrons. The molecule has 1 aromatic rings. The lowest BCUT2D eigenvalue weighted by Crippen LogP contribution is -2.06. The molecule has 0 bridgehead atoms. The largest absolute Gasteiger partial charge is 0.325 e. The van der Waals surface area contributed by atoms with Crippen molar-refractivity contribution in [2.45, 2.75) is 13.8 Å². The number of anilines is 1. The summed E-state index contributed by atoms with van der Waals surface area (Å²) in [7, 11) is 0. The van der Waals surface area contributed by atoms with Gasteiger partial charge in [0.1, 0.15) is 0 Å². The number of hydrogen-bond acceptors (Lipinski definition) is 1. The van der Waals surface area contributed by atoms with Gasteiger partial charge >= 0.3 is 0 Å². The van der Waals surface area contributed by atoms with Crippen LogP contribution in [0.1, 0.15) is 12.5 Å². The van der Waals surface area contributed by atoms with Crippen molar-refractivity contribution in [3.8, 4) is 0 Å². The molecule has 1 amide bonds. The smallest absolute Gasteiger partial charge is 0.221 e. The molecule has 0 aromatic heterocycles. The molecule has 4 heteroatoms. The molecule has 1 rings (SSSR count). The third-order valence-corrected chi connectivity index (χ3v) is 2.62. The van der Waals surface area contributed by atoms with Crippen molar-refractivity contribution >= 4 is 39.1 Å². The first-order chi connectivity index (χ1) is 6.00. The Hall–Kier alpha value is -0.540. The van der Waals surface area contributed by atoms with Gasteiger partial charge in [-0.15, -0.1) is 0 Å². The molecule has 0 aliphatic carbocycles.